The number of fused-ring (bicyclic) bond motifs is 1. The first-order valence-corrected chi connectivity index (χ1v) is 7.28. The lowest BCUT2D eigenvalue weighted by Gasteiger charge is -2.17. The molecular weight excluding hydrogens is 310 g/mol. The molecule has 3 rings (SSSR count). The smallest absolute Gasteiger partial charge is 0.270 e. The summed E-state index contributed by atoms with van der Waals surface area (Å²) in [6.45, 7) is 5.21. The van der Waals surface area contributed by atoms with Crippen molar-refractivity contribution in [2.45, 2.75) is 6.54 Å². The first-order chi connectivity index (χ1) is 9.11. The van der Waals surface area contributed by atoms with Gasteiger partial charge < -0.3 is 5.32 Å². The molecule has 0 aromatic heterocycles. The van der Waals surface area contributed by atoms with Crippen LogP contribution in [0.2, 0.25) is 0 Å². The third-order valence-electron chi connectivity index (χ3n) is 4.02. The fourth-order valence-corrected chi connectivity index (χ4v) is 3.70. The summed E-state index contributed by atoms with van der Waals surface area (Å²) in [5.74, 6) is 1.50. The lowest BCUT2D eigenvalue weighted by atomic mass is 10.0. The minimum atomic E-state index is -0.336. The van der Waals surface area contributed by atoms with E-state index < -0.39 is 0 Å². The van der Waals surface area contributed by atoms with E-state index in [0.29, 0.717) is 0 Å². The molecule has 1 aromatic rings. The van der Waals surface area contributed by atoms with Gasteiger partial charge in [0, 0.05) is 36.2 Å². The molecule has 2 aliphatic heterocycles. The molecule has 2 atom stereocenters. The van der Waals surface area contributed by atoms with Gasteiger partial charge in [0.25, 0.3) is 5.69 Å². The van der Waals surface area contributed by atoms with Gasteiger partial charge in [-0.15, -0.1) is 0 Å². The number of rotatable bonds is 3. The van der Waals surface area contributed by atoms with E-state index >= 15 is 0 Å². The molecule has 0 unspecified atom stereocenters. The lowest BCUT2D eigenvalue weighted by molar-refractivity contribution is -0.385. The van der Waals surface area contributed by atoms with Crippen molar-refractivity contribution < 1.29 is 4.92 Å². The second-order valence-electron chi connectivity index (χ2n) is 5.45. The Kier molecular flexibility index (Phi) is 3.56. The molecule has 0 spiro atoms. The van der Waals surface area contributed by atoms with Crippen LogP contribution in [0.15, 0.2) is 22.7 Å². The Morgan fingerprint density at radius 3 is 2.63 bits per heavy atom. The summed E-state index contributed by atoms with van der Waals surface area (Å²) < 4.78 is 0.776. The highest BCUT2D eigenvalue weighted by molar-refractivity contribution is 9.10. The van der Waals surface area contributed by atoms with Gasteiger partial charge in [0.05, 0.1) is 4.92 Å². The molecule has 2 saturated heterocycles. The molecule has 2 aliphatic rings. The number of hydrogen-bond acceptors (Lipinski definition) is 4. The number of benzene rings is 1. The third kappa shape index (κ3) is 2.80. The second kappa shape index (κ2) is 5.19. The standard InChI is InChI=1S/C13H16BrN3O2/c14-12-1-9(2-13(3-12)17(18)19)6-16-7-10-4-15-5-11(10)8-16/h1-3,10-11,15H,4-8H2/t10-,11+. The van der Waals surface area contributed by atoms with Crippen LogP contribution in [-0.4, -0.2) is 36.0 Å². The average molecular weight is 326 g/mol. The number of hydrogen-bond donors (Lipinski definition) is 1. The molecule has 0 saturated carbocycles. The Morgan fingerprint density at radius 1 is 1.32 bits per heavy atom. The zero-order chi connectivity index (χ0) is 13.4. The van der Waals surface area contributed by atoms with Crippen molar-refractivity contribution in [2.24, 2.45) is 11.8 Å². The van der Waals surface area contributed by atoms with E-state index in [1.807, 2.05) is 6.07 Å². The predicted octanol–water partition coefficient (Wildman–Crippen LogP) is 2.01. The van der Waals surface area contributed by atoms with Gasteiger partial charge in [0.2, 0.25) is 0 Å². The summed E-state index contributed by atoms with van der Waals surface area (Å²) in [5.41, 5.74) is 1.17. The van der Waals surface area contributed by atoms with Gasteiger partial charge in [0.1, 0.15) is 0 Å². The molecule has 6 heteroatoms. The molecule has 0 amide bonds. The van der Waals surface area contributed by atoms with Crippen LogP contribution in [0.25, 0.3) is 0 Å². The number of likely N-dealkylation sites (tertiary alicyclic amines) is 1. The number of nitro groups is 1. The zero-order valence-electron chi connectivity index (χ0n) is 10.5. The van der Waals surface area contributed by atoms with Crippen LogP contribution < -0.4 is 5.32 Å². The number of non-ortho nitro benzene ring substituents is 1. The zero-order valence-corrected chi connectivity index (χ0v) is 12.1. The fraction of sp³-hybridized carbons (Fsp3) is 0.538. The number of nitrogens with one attached hydrogen (secondary N) is 1. The van der Waals surface area contributed by atoms with E-state index in [1.165, 1.54) is 0 Å². The van der Waals surface area contributed by atoms with Gasteiger partial charge in [-0.1, -0.05) is 15.9 Å². The van der Waals surface area contributed by atoms with Gasteiger partial charge in [0.15, 0.2) is 0 Å². The highest BCUT2D eigenvalue weighted by atomic mass is 79.9. The summed E-state index contributed by atoms with van der Waals surface area (Å²) in [7, 11) is 0. The monoisotopic (exact) mass is 325 g/mol. The van der Waals surface area contributed by atoms with E-state index in [2.05, 4.69) is 26.1 Å². The molecule has 5 nitrogen and oxygen atoms in total. The van der Waals surface area contributed by atoms with Crippen LogP contribution in [0.1, 0.15) is 5.56 Å². The van der Waals surface area contributed by atoms with Crippen LogP contribution in [-0.2, 0) is 6.54 Å². The minimum absolute atomic E-state index is 0.158. The number of halogens is 1. The predicted molar refractivity (Wildman–Crippen MR) is 75.9 cm³/mol. The second-order valence-corrected chi connectivity index (χ2v) is 6.36. The van der Waals surface area contributed by atoms with Crippen LogP contribution in [0.5, 0.6) is 0 Å². The number of nitrogens with zero attached hydrogens (tertiary/aromatic N) is 2. The summed E-state index contributed by atoms with van der Waals surface area (Å²) in [5, 5.41) is 14.3. The van der Waals surface area contributed by atoms with Crippen LogP contribution in [0.3, 0.4) is 0 Å². The molecule has 0 radical (unpaired) electrons. The Hall–Kier alpha value is -0.980. The molecule has 102 valence electrons. The highest BCUT2D eigenvalue weighted by Gasteiger charge is 2.35. The van der Waals surface area contributed by atoms with Gasteiger partial charge >= 0.3 is 0 Å². The summed E-state index contributed by atoms with van der Waals surface area (Å²) in [6.07, 6.45) is 0. The van der Waals surface area contributed by atoms with Crippen molar-refractivity contribution in [1.82, 2.24) is 10.2 Å². The van der Waals surface area contributed by atoms with Gasteiger partial charge in [-0.2, -0.15) is 0 Å². The van der Waals surface area contributed by atoms with E-state index in [0.717, 1.165) is 54.6 Å². The summed E-state index contributed by atoms with van der Waals surface area (Å²) in [4.78, 5) is 12.9. The van der Waals surface area contributed by atoms with Crippen LogP contribution in [0, 0.1) is 22.0 Å². The molecule has 19 heavy (non-hydrogen) atoms. The Morgan fingerprint density at radius 2 is 2.00 bits per heavy atom. The molecule has 1 aromatic carbocycles. The van der Waals surface area contributed by atoms with Crippen molar-refractivity contribution in [3.05, 3.63) is 38.3 Å². The van der Waals surface area contributed by atoms with Gasteiger partial charge in [-0.3, -0.25) is 15.0 Å². The first-order valence-electron chi connectivity index (χ1n) is 6.49. The lowest BCUT2D eigenvalue weighted by Crippen LogP contribution is -2.25. The van der Waals surface area contributed by atoms with Crippen molar-refractivity contribution >= 4 is 21.6 Å². The average Bonchev–Trinajstić information content (AvgIpc) is 2.88. The third-order valence-corrected chi connectivity index (χ3v) is 4.48. The van der Waals surface area contributed by atoms with E-state index in [1.54, 1.807) is 12.1 Å². The summed E-state index contributed by atoms with van der Waals surface area (Å²) >= 11 is 3.35. The largest absolute Gasteiger partial charge is 0.316 e. The molecule has 0 bridgehead atoms. The SMILES string of the molecule is O=[N+]([O-])c1cc(Br)cc(CN2C[C@H]3CNC[C@H]3C2)c1. The number of nitro benzene ring substituents is 1. The van der Waals surface area contributed by atoms with Crippen molar-refractivity contribution in [2.75, 3.05) is 26.2 Å². The maximum atomic E-state index is 10.9. The van der Waals surface area contributed by atoms with E-state index in [9.17, 15) is 10.1 Å². The maximum Gasteiger partial charge on any atom is 0.270 e. The molecule has 0 aliphatic carbocycles. The van der Waals surface area contributed by atoms with E-state index in [4.69, 9.17) is 0 Å². The normalized spacial score (nSPS) is 26.6. The van der Waals surface area contributed by atoms with Crippen LogP contribution in [0.4, 0.5) is 5.69 Å². The topological polar surface area (TPSA) is 58.4 Å². The van der Waals surface area contributed by atoms with Gasteiger partial charge in [-0.25, -0.2) is 0 Å². The Labute approximate surface area is 120 Å². The fourth-order valence-electron chi connectivity index (χ4n) is 3.17. The molecular formula is C13H16BrN3O2. The minimum Gasteiger partial charge on any atom is -0.316 e. The molecule has 2 heterocycles. The van der Waals surface area contributed by atoms with Crippen molar-refractivity contribution in [3.63, 3.8) is 0 Å². The molecule has 2 fully saturated rings. The quantitative estimate of drug-likeness (QED) is 0.682. The van der Waals surface area contributed by atoms with Crippen molar-refractivity contribution in [1.29, 1.82) is 0 Å². The summed E-state index contributed by atoms with van der Waals surface area (Å²) in [6, 6.07) is 5.20. The maximum absolute atomic E-state index is 10.9. The Balaban J connectivity index is 1.71. The highest BCUT2D eigenvalue weighted by Crippen LogP contribution is 2.29. The molecule has 1 N–H and O–H groups in total. The van der Waals surface area contributed by atoms with Crippen molar-refractivity contribution in [3.8, 4) is 0 Å². The van der Waals surface area contributed by atoms with Crippen LogP contribution >= 0.6 is 15.9 Å². The van der Waals surface area contributed by atoms with Gasteiger partial charge in [-0.05, 0) is 36.6 Å². The van der Waals surface area contributed by atoms with E-state index in [-0.39, 0.29) is 10.6 Å². The Bertz CT molecular complexity index is 497. The first kappa shape index (κ1) is 13.0.